The number of aromatic hydroxyl groups is 18. The maximum Gasteiger partial charge on any atom is 0.342 e. The number of esters is 8. The van der Waals surface area contributed by atoms with E-state index in [0.29, 0.717) is 36.4 Å². The fourth-order valence-electron chi connectivity index (χ4n) is 12.9. The molecular formula is C68H48O44. The number of cyclic esters (lactones) is 1. The van der Waals surface area contributed by atoms with Crippen molar-refractivity contribution in [3.63, 3.8) is 0 Å². The van der Waals surface area contributed by atoms with Gasteiger partial charge in [0.15, 0.2) is 147 Å². The molecule has 3 unspecified atom stereocenters. The number of phenols is 18. The molecular weight excluding hydrogens is 1520 g/mol. The van der Waals surface area contributed by atoms with Crippen molar-refractivity contribution < 1.29 is 217 Å². The Hall–Kier alpha value is -14.7. The summed E-state index contributed by atoms with van der Waals surface area (Å²) in [5.74, 6) is -54.4. The average Bonchev–Trinajstić information content (AvgIpc) is 0.810. The summed E-state index contributed by atoms with van der Waals surface area (Å²) in [4.78, 5) is 133. The Balaban J connectivity index is 1.02. The quantitative estimate of drug-likeness (QED) is 0.0463. The zero-order valence-electron chi connectivity index (χ0n) is 54.9. The summed E-state index contributed by atoms with van der Waals surface area (Å²) in [5, 5.41) is 247. The van der Waals surface area contributed by atoms with Gasteiger partial charge in [0, 0.05) is 40.5 Å². The molecule has 584 valence electrons. The fourth-order valence-corrected chi connectivity index (χ4v) is 12.9. The molecule has 7 aromatic carbocycles. The van der Waals surface area contributed by atoms with Gasteiger partial charge in [-0.1, -0.05) is 0 Å². The second-order valence-electron chi connectivity index (χ2n) is 25.1. The van der Waals surface area contributed by atoms with Crippen LogP contribution in [0.1, 0.15) is 72.5 Å². The van der Waals surface area contributed by atoms with Gasteiger partial charge in [-0.3, -0.25) is 4.79 Å². The largest absolute Gasteiger partial charge is 0.504 e. The number of hydrogen-bond acceptors (Lipinski definition) is 44. The molecule has 22 N–H and O–H groups in total. The van der Waals surface area contributed by atoms with Gasteiger partial charge in [-0.05, 0) is 42.5 Å². The smallest absolute Gasteiger partial charge is 0.342 e. The molecule has 7 aliphatic heterocycles. The van der Waals surface area contributed by atoms with Gasteiger partial charge < -0.3 is 174 Å². The summed E-state index contributed by atoms with van der Waals surface area (Å²) in [6.45, 7) is -2.90. The lowest BCUT2D eigenvalue weighted by molar-refractivity contribution is -0.288. The first-order chi connectivity index (χ1) is 52.8. The summed E-state index contributed by atoms with van der Waals surface area (Å²) in [6.07, 6.45) is -32.7. The predicted octanol–water partition coefficient (Wildman–Crippen LogP) is -0.360. The second-order valence-corrected chi connectivity index (χ2v) is 25.1. The van der Waals surface area contributed by atoms with Crippen molar-refractivity contribution in [3.8, 4) is 149 Å². The van der Waals surface area contributed by atoms with Crippen LogP contribution in [0.3, 0.4) is 0 Å². The van der Waals surface area contributed by atoms with E-state index >= 15 is 19.2 Å². The molecule has 44 heteroatoms. The number of aliphatic hydroxyl groups is 4. The molecule has 0 radical (unpaired) electrons. The Morgan fingerprint density at radius 1 is 0.366 bits per heavy atom. The van der Waals surface area contributed by atoms with Crippen molar-refractivity contribution in [3.05, 3.63) is 105 Å². The van der Waals surface area contributed by atoms with Crippen molar-refractivity contribution in [2.45, 2.75) is 79.4 Å². The molecule has 10 bridgehead atoms. The molecule has 0 spiro atoms. The highest BCUT2D eigenvalue weighted by molar-refractivity contribution is 6.11. The molecule has 2 fully saturated rings. The molecule has 0 amide bonds. The van der Waals surface area contributed by atoms with Crippen LogP contribution in [0.25, 0.3) is 22.3 Å². The van der Waals surface area contributed by atoms with Gasteiger partial charge in [0.05, 0.1) is 39.0 Å². The predicted molar refractivity (Wildman–Crippen MR) is 340 cm³/mol. The summed E-state index contributed by atoms with van der Waals surface area (Å²) in [6, 6.07) is 3.14. The lowest BCUT2D eigenvalue weighted by Gasteiger charge is -2.44. The normalized spacial score (nSPS) is 24.3. The van der Waals surface area contributed by atoms with Crippen LogP contribution < -0.4 is 14.2 Å². The van der Waals surface area contributed by atoms with Crippen LogP contribution in [0, 0.1) is 0 Å². The van der Waals surface area contributed by atoms with Crippen LogP contribution in [-0.4, -0.2) is 259 Å². The topological polar surface area (TPSA) is 719 Å². The SMILES string of the molecule is O=C1O[C@H]2C(O)O[C@@H]3COC(=O)c4cc(O)c(O)c(O)c4-c4c(cc(c(O)c4O)Oc4c(cc(O)c(O)c4O)C(=O)O[C@@H]4[C@@H](OC(=O)c5cc(O)c(O)c(O)c5)[C@@H]5OC(=O)c6cc(O)c(O)c(O)c6-c6c(cc7c(c6O)OC6C(O7)C1=CC(=O)C6(O)O)C(=O)OC[C@H]5O[C@@H]4O)C(=O)O[C@H]3[C@@H]2OC(=O)c1cc(O)c(O)c(O)c1. The number of carbonyl (C=O) groups excluding carboxylic acids is 9. The number of hydrogen-bond donors (Lipinski definition) is 22. The first-order valence-corrected chi connectivity index (χ1v) is 31.6. The third-order valence-corrected chi connectivity index (χ3v) is 18.4. The van der Waals surface area contributed by atoms with Crippen LogP contribution in [0.4, 0.5) is 0 Å². The Labute approximate surface area is 615 Å². The maximum atomic E-state index is 15.5. The summed E-state index contributed by atoms with van der Waals surface area (Å²) >= 11 is 0. The zero-order valence-corrected chi connectivity index (χ0v) is 54.9. The number of benzene rings is 7. The molecule has 2 saturated heterocycles. The van der Waals surface area contributed by atoms with E-state index in [-0.39, 0.29) is 24.3 Å². The van der Waals surface area contributed by atoms with E-state index in [0.717, 1.165) is 0 Å². The third kappa shape index (κ3) is 11.9. The Morgan fingerprint density at radius 3 is 1.21 bits per heavy atom. The van der Waals surface area contributed by atoms with Gasteiger partial charge in [0.25, 0.3) is 5.79 Å². The minimum Gasteiger partial charge on any atom is -0.504 e. The van der Waals surface area contributed by atoms with Crippen LogP contribution in [0.15, 0.2) is 66.2 Å². The number of rotatable bonds is 4. The molecule has 0 aromatic heterocycles. The molecule has 7 heterocycles. The average molecular weight is 1570 g/mol. The minimum absolute atomic E-state index is 0.0894. The van der Waals surface area contributed by atoms with Gasteiger partial charge in [-0.15, -0.1) is 0 Å². The van der Waals surface area contributed by atoms with Gasteiger partial charge in [0.1, 0.15) is 31.0 Å². The molecule has 44 nitrogen and oxygen atoms in total. The van der Waals surface area contributed by atoms with Crippen molar-refractivity contribution in [1.82, 2.24) is 0 Å². The van der Waals surface area contributed by atoms with Crippen LogP contribution in [0.5, 0.6) is 126 Å². The number of ketones is 1. The molecule has 12 atom stereocenters. The first-order valence-electron chi connectivity index (χ1n) is 31.6. The van der Waals surface area contributed by atoms with Gasteiger partial charge in [-0.25, -0.2) is 38.4 Å². The van der Waals surface area contributed by atoms with Crippen molar-refractivity contribution in [1.29, 1.82) is 0 Å². The van der Waals surface area contributed by atoms with Gasteiger partial charge >= 0.3 is 47.8 Å². The maximum absolute atomic E-state index is 15.5. The monoisotopic (exact) mass is 1570 g/mol. The number of ether oxygens (including phenoxy) is 13. The van der Waals surface area contributed by atoms with E-state index in [1.807, 2.05) is 0 Å². The summed E-state index contributed by atoms with van der Waals surface area (Å²) < 4.78 is 74.1. The highest BCUT2D eigenvalue weighted by atomic mass is 16.7. The standard InChI is InChI=1S/C68H48O44/c69-21-1-13(2-22(70)37(21)77)58(88)109-53-51-31-12-101-61(91)17-9-29-50(46(86)36(17)34-16(62(92)107-51)6-26(74)40(80)44(34)84)106-57-49(103-29)20(10-32(76)68(57,98)99)65(95)112-56-54(110-59(89)14-3-23(71)38(78)24(72)4-14)52-30(104-67(56)97)11-100-60(90)15-5-25(73)39(79)43(83)33(15)35-18(63(93)108-52)8-28(42(82)45(35)85)102-48-19(7-27(75)41(81)47(48)87)64(94)111-55(53)66(96)105-31/h1-10,30-31,49,51-57,66-67,69-75,77-87,96-99H,11-12H2/t30-,31-,49?,51-,52-,53+,54+,55-,56-,57?,66+,67?/m1/s1. The van der Waals surface area contributed by atoms with E-state index in [4.69, 9.17) is 61.6 Å². The van der Waals surface area contributed by atoms with E-state index < -0.39 is 339 Å². The molecule has 112 heavy (non-hydrogen) atoms. The lowest BCUT2D eigenvalue weighted by Crippen LogP contribution is -2.64. The van der Waals surface area contributed by atoms with E-state index in [1.165, 1.54) is 0 Å². The molecule has 15 rings (SSSR count). The van der Waals surface area contributed by atoms with E-state index in [1.54, 1.807) is 0 Å². The Kier molecular flexibility index (Phi) is 17.6. The van der Waals surface area contributed by atoms with E-state index in [2.05, 4.69) is 0 Å². The van der Waals surface area contributed by atoms with Gasteiger partial charge in [0.2, 0.25) is 46.4 Å². The van der Waals surface area contributed by atoms with Gasteiger partial charge in [-0.2, -0.15) is 0 Å². The summed E-state index contributed by atoms with van der Waals surface area (Å²) in [5.41, 5.74) is -15.3. The van der Waals surface area contributed by atoms with Crippen LogP contribution in [-0.2, 0) is 57.0 Å². The molecule has 1 aliphatic carbocycles. The number of aliphatic hydroxyl groups excluding tert-OH is 2. The lowest BCUT2D eigenvalue weighted by atomic mass is 9.86. The molecule has 7 aromatic rings. The van der Waals surface area contributed by atoms with Crippen molar-refractivity contribution in [2.24, 2.45) is 0 Å². The van der Waals surface area contributed by atoms with E-state index in [9.17, 15) is 136 Å². The Morgan fingerprint density at radius 2 is 0.732 bits per heavy atom. The molecule has 0 saturated carbocycles. The first kappa shape index (κ1) is 74.1. The highest BCUT2D eigenvalue weighted by Gasteiger charge is 2.61. The van der Waals surface area contributed by atoms with Crippen molar-refractivity contribution in [2.75, 3.05) is 13.2 Å². The Bertz CT molecular complexity index is 5360. The second kappa shape index (κ2) is 26.6. The minimum atomic E-state index is -3.98. The van der Waals surface area contributed by atoms with Crippen LogP contribution in [0.2, 0.25) is 0 Å². The van der Waals surface area contributed by atoms with Crippen LogP contribution >= 0.6 is 0 Å². The highest BCUT2D eigenvalue weighted by Crippen LogP contribution is 2.59. The fraction of sp³-hybridized carbons (Fsp3) is 0.221. The summed E-state index contributed by atoms with van der Waals surface area (Å²) in [7, 11) is 0. The third-order valence-electron chi connectivity index (χ3n) is 18.4. The molecule has 8 aliphatic rings. The number of phenolic OH excluding ortho intramolecular Hbond substituents is 18. The number of fused-ring (bicyclic) bond motifs is 7. The zero-order chi connectivity index (χ0) is 80.9. The number of carbonyl (C=O) groups is 9. The van der Waals surface area contributed by atoms with Crippen molar-refractivity contribution >= 4 is 53.5 Å².